The third-order valence-electron chi connectivity index (χ3n) is 4.73. The molecule has 0 aromatic heterocycles. The van der Waals surface area contributed by atoms with Crippen LogP contribution in [0.1, 0.15) is 25.3 Å². The van der Waals surface area contributed by atoms with Crippen LogP contribution >= 0.6 is 0 Å². The van der Waals surface area contributed by atoms with E-state index >= 15 is 0 Å². The number of carbonyl (C=O) groups is 2. The molecule has 1 saturated heterocycles. The van der Waals surface area contributed by atoms with Crippen LogP contribution in [-0.2, 0) is 14.4 Å². The van der Waals surface area contributed by atoms with Crippen LogP contribution in [0.25, 0.3) is 0 Å². The van der Waals surface area contributed by atoms with Crippen molar-refractivity contribution in [3.8, 4) is 0 Å². The molecule has 1 fully saturated rings. The van der Waals surface area contributed by atoms with Gasteiger partial charge in [0.15, 0.2) is 0 Å². The fraction of sp³-hybridized carbons (Fsp3) is 0.526. The van der Waals surface area contributed by atoms with Gasteiger partial charge in [0.05, 0.1) is 12.3 Å². The molecule has 27 heavy (non-hydrogen) atoms. The highest BCUT2D eigenvalue weighted by atomic mass is 19.1. The van der Waals surface area contributed by atoms with Crippen LogP contribution < -0.4 is 5.32 Å². The van der Waals surface area contributed by atoms with Gasteiger partial charge in [-0.25, -0.2) is 4.39 Å². The minimum Gasteiger partial charge on any atom is -0.382 e. The molecule has 2 aliphatic heterocycles. The topological polar surface area (TPSA) is 74.2 Å². The number of nitrogens with zero attached hydrogens (tertiary/aromatic N) is 3. The van der Waals surface area contributed by atoms with Crippen molar-refractivity contribution in [3.05, 3.63) is 35.6 Å². The van der Waals surface area contributed by atoms with Crippen LogP contribution in [0.15, 0.2) is 29.4 Å². The number of halogens is 1. The van der Waals surface area contributed by atoms with Gasteiger partial charge in [-0.2, -0.15) is 0 Å². The van der Waals surface area contributed by atoms with Crippen molar-refractivity contribution in [1.29, 1.82) is 0 Å². The van der Waals surface area contributed by atoms with E-state index in [1.807, 2.05) is 11.8 Å². The molecule has 2 heterocycles. The number of amides is 2. The fourth-order valence-corrected chi connectivity index (χ4v) is 3.20. The Morgan fingerprint density at radius 2 is 2.07 bits per heavy atom. The highest BCUT2D eigenvalue weighted by Gasteiger charge is 2.34. The molecule has 7 nitrogen and oxygen atoms in total. The lowest BCUT2D eigenvalue weighted by Gasteiger charge is -2.35. The van der Waals surface area contributed by atoms with Gasteiger partial charge >= 0.3 is 0 Å². The fourth-order valence-electron chi connectivity index (χ4n) is 3.20. The summed E-state index contributed by atoms with van der Waals surface area (Å²) in [7, 11) is 0. The van der Waals surface area contributed by atoms with E-state index in [4.69, 9.17) is 4.84 Å². The van der Waals surface area contributed by atoms with Crippen LogP contribution in [0.4, 0.5) is 4.39 Å². The summed E-state index contributed by atoms with van der Waals surface area (Å²) in [5.41, 5.74) is 1.22. The molecule has 0 spiro atoms. The first-order valence-electron chi connectivity index (χ1n) is 9.33. The number of oxime groups is 1. The summed E-state index contributed by atoms with van der Waals surface area (Å²) in [4.78, 5) is 33.6. The van der Waals surface area contributed by atoms with Gasteiger partial charge in [0.2, 0.25) is 12.0 Å². The molecule has 2 amide bonds. The van der Waals surface area contributed by atoms with Crippen LogP contribution in [0, 0.1) is 5.82 Å². The summed E-state index contributed by atoms with van der Waals surface area (Å²) < 4.78 is 13.4. The third-order valence-corrected chi connectivity index (χ3v) is 4.73. The molecule has 0 saturated carbocycles. The van der Waals surface area contributed by atoms with Crippen LogP contribution in [-0.4, -0.2) is 72.7 Å². The van der Waals surface area contributed by atoms with Crippen LogP contribution in [0.5, 0.6) is 0 Å². The average Bonchev–Trinajstić information content (AvgIpc) is 3.17. The van der Waals surface area contributed by atoms with E-state index in [2.05, 4.69) is 10.5 Å². The van der Waals surface area contributed by atoms with Gasteiger partial charge in [-0.3, -0.25) is 14.5 Å². The lowest BCUT2D eigenvalue weighted by molar-refractivity contribution is -0.144. The molecule has 146 valence electrons. The normalized spacial score (nSPS) is 20.1. The Kier molecular flexibility index (Phi) is 6.39. The molecular weight excluding hydrogens is 351 g/mol. The molecule has 1 aromatic rings. The first kappa shape index (κ1) is 19.3. The zero-order valence-electron chi connectivity index (χ0n) is 15.5. The quantitative estimate of drug-likeness (QED) is 0.804. The van der Waals surface area contributed by atoms with E-state index in [1.54, 1.807) is 17.0 Å². The summed E-state index contributed by atoms with van der Waals surface area (Å²) in [5, 5.41) is 6.83. The van der Waals surface area contributed by atoms with Crippen molar-refractivity contribution < 1.29 is 18.8 Å². The SMILES string of the molecule is CCCNC(=O)CN1CCN(C(=O)C2CC(c3cccc(F)c3)=NO2)CC1. The Balaban J connectivity index is 1.46. The zero-order valence-corrected chi connectivity index (χ0v) is 15.5. The van der Waals surface area contributed by atoms with Crippen molar-refractivity contribution in [3.63, 3.8) is 0 Å². The highest BCUT2D eigenvalue weighted by Crippen LogP contribution is 2.19. The summed E-state index contributed by atoms with van der Waals surface area (Å²) in [6.07, 6.45) is 0.583. The second kappa shape index (κ2) is 8.94. The van der Waals surface area contributed by atoms with E-state index in [0.717, 1.165) is 6.42 Å². The Morgan fingerprint density at radius 1 is 1.30 bits per heavy atom. The summed E-state index contributed by atoms with van der Waals surface area (Å²) in [6, 6.07) is 6.11. The summed E-state index contributed by atoms with van der Waals surface area (Å²) in [6.45, 7) is 5.45. The summed E-state index contributed by atoms with van der Waals surface area (Å²) >= 11 is 0. The second-order valence-electron chi connectivity index (χ2n) is 6.80. The van der Waals surface area contributed by atoms with E-state index < -0.39 is 6.10 Å². The molecule has 3 rings (SSSR count). The number of piperazine rings is 1. The maximum Gasteiger partial charge on any atom is 0.266 e. The molecule has 0 aliphatic carbocycles. The molecule has 1 N–H and O–H groups in total. The monoisotopic (exact) mass is 376 g/mol. The predicted molar refractivity (Wildman–Crippen MR) is 98.7 cm³/mol. The number of hydrogen-bond acceptors (Lipinski definition) is 5. The molecule has 8 heteroatoms. The van der Waals surface area contributed by atoms with Gasteiger partial charge in [0.1, 0.15) is 5.82 Å². The van der Waals surface area contributed by atoms with Crippen molar-refractivity contribution in [2.45, 2.75) is 25.9 Å². The van der Waals surface area contributed by atoms with Gasteiger partial charge in [-0.15, -0.1) is 0 Å². The van der Waals surface area contributed by atoms with Gasteiger partial charge in [-0.1, -0.05) is 24.2 Å². The Bertz CT molecular complexity index is 717. The highest BCUT2D eigenvalue weighted by molar-refractivity contribution is 6.04. The lowest BCUT2D eigenvalue weighted by atomic mass is 10.0. The van der Waals surface area contributed by atoms with E-state index in [9.17, 15) is 14.0 Å². The van der Waals surface area contributed by atoms with Crippen molar-refractivity contribution >= 4 is 17.5 Å². The molecule has 1 atom stereocenters. The number of carbonyl (C=O) groups excluding carboxylic acids is 2. The van der Waals surface area contributed by atoms with E-state index in [0.29, 0.717) is 57.0 Å². The molecular formula is C19H25FN4O3. The second-order valence-corrected chi connectivity index (χ2v) is 6.80. The van der Waals surface area contributed by atoms with E-state index in [1.165, 1.54) is 12.1 Å². The van der Waals surface area contributed by atoms with Gasteiger partial charge in [-0.05, 0) is 18.6 Å². The first-order valence-corrected chi connectivity index (χ1v) is 9.33. The van der Waals surface area contributed by atoms with Crippen LogP contribution in [0.3, 0.4) is 0 Å². The Hall–Kier alpha value is -2.48. The maximum absolute atomic E-state index is 13.4. The number of hydrogen-bond donors (Lipinski definition) is 1. The molecule has 2 aliphatic rings. The average molecular weight is 376 g/mol. The first-order chi connectivity index (χ1) is 13.1. The van der Waals surface area contributed by atoms with Gasteiger partial charge < -0.3 is 15.1 Å². The maximum atomic E-state index is 13.4. The zero-order chi connectivity index (χ0) is 19.2. The minimum atomic E-state index is -0.664. The summed E-state index contributed by atoms with van der Waals surface area (Å²) in [5.74, 6) is -0.437. The number of benzene rings is 1. The Morgan fingerprint density at radius 3 is 2.78 bits per heavy atom. The Labute approximate surface area is 158 Å². The van der Waals surface area contributed by atoms with Crippen LogP contribution in [0.2, 0.25) is 0 Å². The molecule has 1 unspecified atom stereocenters. The van der Waals surface area contributed by atoms with Crippen molar-refractivity contribution in [2.75, 3.05) is 39.3 Å². The smallest absolute Gasteiger partial charge is 0.266 e. The molecule has 1 aromatic carbocycles. The predicted octanol–water partition coefficient (Wildman–Crippen LogP) is 0.989. The number of nitrogens with one attached hydrogen (secondary N) is 1. The van der Waals surface area contributed by atoms with Gasteiger partial charge in [0, 0.05) is 44.7 Å². The molecule has 0 bridgehead atoms. The van der Waals surface area contributed by atoms with Crippen molar-refractivity contribution in [2.24, 2.45) is 5.16 Å². The number of rotatable bonds is 6. The minimum absolute atomic E-state index is 0.0175. The molecule has 0 radical (unpaired) electrons. The van der Waals surface area contributed by atoms with E-state index in [-0.39, 0.29) is 17.6 Å². The third kappa shape index (κ3) is 5.03. The lowest BCUT2D eigenvalue weighted by Crippen LogP contribution is -2.53. The standard InChI is InChI=1S/C19H25FN4O3/c1-2-6-21-18(25)13-23-7-9-24(10-8-23)19(26)17-12-16(22-27-17)14-4-3-5-15(20)11-14/h3-5,11,17H,2,6-10,12-13H2,1H3,(H,21,25). The van der Waals surface area contributed by atoms with Crippen molar-refractivity contribution in [1.82, 2.24) is 15.1 Å². The van der Waals surface area contributed by atoms with Gasteiger partial charge in [0.25, 0.3) is 5.91 Å². The largest absolute Gasteiger partial charge is 0.382 e.